The van der Waals surface area contributed by atoms with E-state index in [9.17, 15) is 4.79 Å². The van der Waals surface area contributed by atoms with Crippen molar-refractivity contribution in [2.75, 3.05) is 6.54 Å². The van der Waals surface area contributed by atoms with Crippen molar-refractivity contribution in [3.05, 3.63) is 90.3 Å². The normalized spacial score (nSPS) is 10.8. The van der Waals surface area contributed by atoms with Crippen LogP contribution in [0, 0.1) is 0 Å². The summed E-state index contributed by atoms with van der Waals surface area (Å²) in [6.45, 7) is 0.582. The molecule has 1 N–H and O–H groups in total. The number of carbonyl (C=O) groups is 1. The molecule has 0 fully saturated rings. The summed E-state index contributed by atoms with van der Waals surface area (Å²) in [4.78, 5) is 11.8. The standard InChI is InChI=1S/C20H19N3O/c24-20(12-11-17-7-3-1-4-8-17)21-14-13-18-15-22-23(16-18)19-9-5-2-6-10-19/h1-12,15-16H,13-14H2,(H,21,24)/b12-11+. The molecule has 4 nitrogen and oxygen atoms in total. The molecular weight excluding hydrogens is 298 g/mol. The van der Waals surface area contributed by atoms with Gasteiger partial charge in [-0.25, -0.2) is 4.68 Å². The quantitative estimate of drug-likeness (QED) is 0.710. The number of hydrogen-bond acceptors (Lipinski definition) is 2. The lowest BCUT2D eigenvalue weighted by atomic mass is 10.2. The predicted octanol–water partition coefficient (Wildman–Crippen LogP) is 3.24. The van der Waals surface area contributed by atoms with Crippen molar-refractivity contribution in [2.24, 2.45) is 0 Å². The summed E-state index contributed by atoms with van der Waals surface area (Å²) in [5.74, 6) is -0.0886. The van der Waals surface area contributed by atoms with Gasteiger partial charge in [-0.3, -0.25) is 4.79 Å². The molecule has 0 aliphatic rings. The second-order valence-electron chi connectivity index (χ2n) is 5.41. The summed E-state index contributed by atoms with van der Waals surface area (Å²) in [5, 5.41) is 7.24. The molecule has 4 heteroatoms. The monoisotopic (exact) mass is 317 g/mol. The van der Waals surface area contributed by atoms with Crippen LogP contribution in [-0.4, -0.2) is 22.2 Å². The Morgan fingerprint density at radius 3 is 2.50 bits per heavy atom. The molecule has 3 aromatic rings. The summed E-state index contributed by atoms with van der Waals surface area (Å²) in [7, 11) is 0. The molecule has 0 atom stereocenters. The van der Waals surface area contributed by atoms with Crippen LogP contribution in [0.5, 0.6) is 0 Å². The van der Waals surface area contributed by atoms with E-state index in [1.165, 1.54) is 0 Å². The molecule has 1 heterocycles. The van der Waals surface area contributed by atoms with E-state index in [1.807, 2.05) is 83.8 Å². The van der Waals surface area contributed by atoms with Gasteiger partial charge >= 0.3 is 0 Å². The minimum atomic E-state index is -0.0886. The fourth-order valence-corrected chi connectivity index (χ4v) is 2.34. The Balaban J connectivity index is 1.47. The van der Waals surface area contributed by atoms with Crippen molar-refractivity contribution < 1.29 is 4.79 Å². The number of aromatic nitrogens is 2. The summed E-state index contributed by atoms with van der Waals surface area (Å²) in [6, 6.07) is 19.7. The fourth-order valence-electron chi connectivity index (χ4n) is 2.34. The maximum absolute atomic E-state index is 11.8. The lowest BCUT2D eigenvalue weighted by Gasteiger charge is -2.01. The molecule has 0 aliphatic carbocycles. The number of benzene rings is 2. The summed E-state index contributed by atoms with van der Waals surface area (Å²) < 4.78 is 1.84. The molecular formula is C20H19N3O. The van der Waals surface area contributed by atoms with Gasteiger partial charge in [0.1, 0.15) is 0 Å². The zero-order valence-corrected chi connectivity index (χ0v) is 13.3. The highest BCUT2D eigenvalue weighted by atomic mass is 16.1. The van der Waals surface area contributed by atoms with E-state index >= 15 is 0 Å². The van der Waals surface area contributed by atoms with Crippen LogP contribution in [0.3, 0.4) is 0 Å². The third-order valence-electron chi connectivity index (χ3n) is 3.60. The maximum Gasteiger partial charge on any atom is 0.244 e. The van der Waals surface area contributed by atoms with Crippen molar-refractivity contribution in [3.8, 4) is 5.69 Å². The van der Waals surface area contributed by atoms with Gasteiger partial charge in [-0.05, 0) is 35.8 Å². The van der Waals surface area contributed by atoms with E-state index in [0.29, 0.717) is 6.54 Å². The average Bonchev–Trinajstić information content (AvgIpc) is 3.11. The van der Waals surface area contributed by atoms with Gasteiger partial charge in [0.2, 0.25) is 5.91 Å². The van der Waals surface area contributed by atoms with E-state index < -0.39 is 0 Å². The molecule has 2 aromatic carbocycles. The summed E-state index contributed by atoms with van der Waals surface area (Å²) >= 11 is 0. The van der Waals surface area contributed by atoms with Gasteiger partial charge in [-0.1, -0.05) is 48.5 Å². The summed E-state index contributed by atoms with van der Waals surface area (Å²) in [6.07, 6.45) is 7.93. The number of para-hydroxylation sites is 1. The van der Waals surface area contributed by atoms with E-state index in [1.54, 1.807) is 6.08 Å². The van der Waals surface area contributed by atoms with Crippen LogP contribution in [0.15, 0.2) is 79.1 Å². The zero-order chi connectivity index (χ0) is 16.6. The molecule has 0 saturated heterocycles. The van der Waals surface area contributed by atoms with Crippen LogP contribution >= 0.6 is 0 Å². The molecule has 3 rings (SSSR count). The van der Waals surface area contributed by atoms with Crippen LogP contribution in [0.1, 0.15) is 11.1 Å². The number of amides is 1. The average molecular weight is 317 g/mol. The third-order valence-corrected chi connectivity index (χ3v) is 3.60. The van der Waals surface area contributed by atoms with Crippen LogP contribution in [-0.2, 0) is 11.2 Å². The number of nitrogens with one attached hydrogen (secondary N) is 1. The van der Waals surface area contributed by atoms with E-state index in [4.69, 9.17) is 0 Å². The number of rotatable bonds is 6. The first kappa shape index (κ1) is 15.7. The Hall–Kier alpha value is -3.14. The smallest absolute Gasteiger partial charge is 0.244 e. The van der Waals surface area contributed by atoms with E-state index in [2.05, 4.69) is 10.4 Å². The van der Waals surface area contributed by atoms with Crippen LogP contribution in [0.2, 0.25) is 0 Å². The van der Waals surface area contributed by atoms with Crippen molar-refractivity contribution in [3.63, 3.8) is 0 Å². The SMILES string of the molecule is O=C(/C=C/c1ccccc1)NCCc1cnn(-c2ccccc2)c1. The van der Waals surface area contributed by atoms with Crippen molar-refractivity contribution >= 4 is 12.0 Å². The van der Waals surface area contributed by atoms with Gasteiger partial charge in [0.05, 0.1) is 11.9 Å². The molecule has 1 aromatic heterocycles. The topological polar surface area (TPSA) is 46.9 Å². The minimum absolute atomic E-state index is 0.0886. The summed E-state index contributed by atoms with van der Waals surface area (Å²) in [5.41, 5.74) is 3.13. The Bertz CT molecular complexity index is 807. The van der Waals surface area contributed by atoms with E-state index in [-0.39, 0.29) is 5.91 Å². The van der Waals surface area contributed by atoms with Crippen molar-refractivity contribution in [1.29, 1.82) is 0 Å². The molecule has 0 unspecified atom stereocenters. The van der Waals surface area contributed by atoms with Gasteiger partial charge in [-0.15, -0.1) is 0 Å². The lowest BCUT2D eigenvalue weighted by molar-refractivity contribution is -0.116. The first-order chi connectivity index (χ1) is 11.8. The largest absolute Gasteiger partial charge is 0.352 e. The molecule has 0 aliphatic heterocycles. The van der Waals surface area contributed by atoms with E-state index in [0.717, 1.165) is 23.2 Å². The molecule has 0 spiro atoms. The molecule has 1 amide bonds. The van der Waals surface area contributed by atoms with Crippen LogP contribution in [0.4, 0.5) is 0 Å². The van der Waals surface area contributed by atoms with Crippen molar-refractivity contribution in [1.82, 2.24) is 15.1 Å². The highest BCUT2D eigenvalue weighted by Gasteiger charge is 2.01. The maximum atomic E-state index is 11.8. The van der Waals surface area contributed by atoms with Gasteiger partial charge in [-0.2, -0.15) is 5.10 Å². The number of carbonyl (C=O) groups excluding carboxylic acids is 1. The van der Waals surface area contributed by atoms with Crippen molar-refractivity contribution in [2.45, 2.75) is 6.42 Å². The first-order valence-corrected chi connectivity index (χ1v) is 7.91. The second kappa shape index (κ2) is 7.92. The third kappa shape index (κ3) is 4.43. The van der Waals surface area contributed by atoms with Gasteiger partial charge in [0, 0.05) is 18.8 Å². The number of nitrogens with zero attached hydrogens (tertiary/aromatic N) is 2. The van der Waals surface area contributed by atoms with Crippen LogP contribution < -0.4 is 5.32 Å². The van der Waals surface area contributed by atoms with Crippen LogP contribution in [0.25, 0.3) is 11.8 Å². The fraction of sp³-hybridized carbons (Fsp3) is 0.100. The predicted molar refractivity (Wildman–Crippen MR) is 95.8 cm³/mol. The number of hydrogen-bond donors (Lipinski definition) is 1. The Morgan fingerprint density at radius 1 is 1.04 bits per heavy atom. The molecule has 120 valence electrons. The second-order valence-corrected chi connectivity index (χ2v) is 5.41. The Morgan fingerprint density at radius 2 is 1.75 bits per heavy atom. The molecule has 0 bridgehead atoms. The lowest BCUT2D eigenvalue weighted by Crippen LogP contribution is -2.23. The molecule has 0 radical (unpaired) electrons. The Labute approximate surface area is 141 Å². The highest BCUT2D eigenvalue weighted by Crippen LogP contribution is 2.07. The highest BCUT2D eigenvalue weighted by molar-refractivity contribution is 5.91. The minimum Gasteiger partial charge on any atom is -0.352 e. The van der Waals surface area contributed by atoms with Gasteiger partial charge < -0.3 is 5.32 Å². The first-order valence-electron chi connectivity index (χ1n) is 7.91. The van der Waals surface area contributed by atoms with Gasteiger partial charge in [0.15, 0.2) is 0 Å². The molecule has 24 heavy (non-hydrogen) atoms. The van der Waals surface area contributed by atoms with Gasteiger partial charge in [0.25, 0.3) is 0 Å². The Kier molecular flexibility index (Phi) is 5.20. The molecule has 0 saturated carbocycles. The zero-order valence-electron chi connectivity index (χ0n) is 13.3.